The largest absolute Gasteiger partial charge is 0.481 e. The minimum Gasteiger partial charge on any atom is -0.481 e. The summed E-state index contributed by atoms with van der Waals surface area (Å²) >= 11 is 5.76. The Morgan fingerprint density at radius 2 is 2.35 bits per heavy atom. The van der Waals surface area contributed by atoms with Gasteiger partial charge >= 0.3 is 5.97 Å². The van der Waals surface area contributed by atoms with E-state index < -0.39 is 11.9 Å². The number of anilines is 1. The van der Waals surface area contributed by atoms with Crippen LogP contribution in [0.25, 0.3) is 0 Å². The number of carboxylic acid groups (broad SMARTS) is 1. The lowest BCUT2D eigenvalue weighted by atomic mass is 10.1. The molecule has 17 heavy (non-hydrogen) atoms. The van der Waals surface area contributed by atoms with Gasteiger partial charge < -0.3 is 10.4 Å². The Balaban J connectivity index is 2.76. The number of hydrogen-bond donors (Lipinski definition) is 2. The Kier molecular flexibility index (Phi) is 4.80. The normalized spacial score (nSPS) is 11.6. The summed E-state index contributed by atoms with van der Waals surface area (Å²) in [5.74, 6) is -1.30. The Morgan fingerprint density at radius 1 is 1.65 bits per heavy atom. The highest BCUT2D eigenvalue weighted by Crippen LogP contribution is 2.20. The average Bonchev–Trinajstić information content (AvgIpc) is 2.31. The van der Waals surface area contributed by atoms with Gasteiger partial charge in [-0.1, -0.05) is 18.5 Å². The molecular weight excluding hydrogens is 240 g/mol. The molecule has 0 aliphatic carbocycles. The number of aliphatic carboxylic acids is 1. The molecule has 1 atom stereocenters. The average molecular weight is 253 g/mol. The van der Waals surface area contributed by atoms with Gasteiger partial charge in [-0.3, -0.25) is 4.79 Å². The number of rotatable bonds is 5. The number of benzene rings is 1. The molecule has 2 N–H and O–H groups in total. The number of carbonyl (C=O) groups is 1. The van der Waals surface area contributed by atoms with E-state index in [9.17, 15) is 4.79 Å². The highest BCUT2D eigenvalue weighted by atomic mass is 35.5. The van der Waals surface area contributed by atoms with Gasteiger partial charge in [0, 0.05) is 11.6 Å². The van der Waals surface area contributed by atoms with E-state index >= 15 is 0 Å². The molecule has 1 aromatic carbocycles. The molecule has 0 saturated carbocycles. The second-order valence-electron chi connectivity index (χ2n) is 3.63. The second kappa shape index (κ2) is 6.12. The number of hydrogen-bond acceptors (Lipinski definition) is 3. The van der Waals surface area contributed by atoms with Crippen LogP contribution in [0.2, 0.25) is 5.02 Å². The zero-order valence-electron chi connectivity index (χ0n) is 9.40. The van der Waals surface area contributed by atoms with Crippen molar-refractivity contribution in [3.63, 3.8) is 0 Å². The van der Waals surface area contributed by atoms with Gasteiger partial charge in [0.05, 0.1) is 17.2 Å². The van der Waals surface area contributed by atoms with Gasteiger partial charge in [-0.25, -0.2) is 0 Å². The third-order valence-electron chi connectivity index (χ3n) is 2.48. The van der Waals surface area contributed by atoms with Gasteiger partial charge in [0.1, 0.15) is 6.07 Å². The van der Waals surface area contributed by atoms with Crippen LogP contribution in [0.4, 0.5) is 5.69 Å². The van der Waals surface area contributed by atoms with E-state index in [1.165, 1.54) is 0 Å². The summed E-state index contributed by atoms with van der Waals surface area (Å²) in [4.78, 5) is 10.8. The lowest BCUT2D eigenvalue weighted by molar-refractivity contribution is -0.141. The molecule has 4 nitrogen and oxygen atoms in total. The fourth-order valence-electron chi connectivity index (χ4n) is 1.40. The van der Waals surface area contributed by atoms with Crippen molar-refractivity contribution in [3.05, 3.63) is 28.8 Å². The van der Waals surface area contributed by atoms with Crippen LogP contribution in [-0.2, 0) is 4.79 Å². The van der Waals surface area contributed by atoms with Crippen molar-refractivity contribution in [3.8, 4) is 6.07 Å². The lowest BCUT2D eigenvalue weighted by Gasteiger charge is -2.13. The van der Waals surface area contributed by atoms with E-state index in [4.69, 9.17) is 22.0 Å². The third-order valence-corrected chi connectivity index (χ3v) is 2.72. The van der Waals surface area contributed by atoms with Crippen LogP contribution in [-0.4, -0.2) is 17.6 Å². The van der Waals surface area contributed by atoms with Crippen molar-refractivity contribution in [1.29, 1.82) is 5.26 Å². The summed E-state index contributed by atoms with van der Waals surface area (Å²) < 4.78 is 0. The van der Waals surface area contributed by atoms with Crippen molar-refractivity contribution in [2.45, 2.75) is 13.3 Å². The first-order valence-electron chi connectivity index (χ1n) is 5.24. The number of nitrogens with one attached hydrogen (secondary N) is 1. The van der Waals surface area contributed by atoms with E-state index in [0.717, 1.165) is 0 Å². The molecule has 0 heterocycles. The first-order valence-corrected chi connectivity index (χ1v) is 5.62. The molecule has 0 radical (unpaired) electrons. The minimum atomic E-state index is -0.840. The summed E-state index contributed by atoms with van der Waals surface area (Å²) in [6.07, 6.45) is 0.539. The van der Waals surface area contributed by atoms with Gasteiger partial charge in [-0.2, -0.15) is 5.26 Å². The van der Waals surface area contributed by atoms with Crippen molar-refractivity contribution < 1.29 is 9.90 Å². The van der Waals surface area contributed by atoms with E-state index in [0.29, 0.717) is 29.2 Å². The zero-order chi connectivity index (χ0) is 12.8. The van der Waals surface area contributed by atoms with E-state index in [1.807, 2.05) is 13.0 Å². The summed E-state index contributed by atoms with van der Waals surface area (Å²) in [6.45, 7) is 2.11. The second-order valence-corrected chi connectivity index (χ2v) is 4.06. The molecule has 90 valence electrons. The maximum atomic E-state index is 10.8. The van der Waals surface area contributed by atoms with E-state index in [-0.39, 0.29) is 0 Å². The summed E-state index contributed by atoms with van der Waals surface area (Å²) in [7, 11) is 0. The van der Waals surface area contributed by atoms with Crippen LogP contribution in [0.15, 0.2) is 18.2 Å². The topological polar surface area (TPSA) is 73.1 Å². The summed E-state index contributed by atoms with van der Waals surface area (Å²) in [5, 5.41) is 21.3. The third kappa shape index (κ3) is 3.65. The smallest absolute Gasteiger partial charge is 0.308 e. The Morgan fingerprint density at radius 3 is 2.88 bits per heavy atom. The molecule has 5 heteroatoms. The van der Waals surface area contributed by atoms with Gasteiger partial charge in [0.25, 0.3) is 0 Å². The molecule has 0 aliphatic rings. The van der Waals surface area contributed by atoms with Crippen LogP contribution in [0, 0.1) is 17.2 Å². The van der Waals surface area contributed by atoms with Crippen molar-refractivity contribution in [1.82, 2.24) is 0 Å². The predicted octanol–water partition coefficient (Wildman–Crippen LogP) is 2.73. The summed E-state index contributed by atoms with van der Waals surface area (Å²) in [5.41, 5.74) is 1.02. The van der Waals surface area contributed by atoms with Gasteiger partial charge in [-0.15, -0.1) is 0 Å². The molecule has 0 spiro atoms. The van der Waals surface area contributed by atoms with Crippen molar-refractivity contribution >= 4 is 23.3 Å². The van der Waals surface area contributed by atoms with Crippen LogP contribution >= 0.6 is 11.6 Å². The standard InChI is InChI=1S/C12H13ClN2O2/c1-2-8(12(16)17)7-15-11-4-3-10(13)5-9(11)6-14/h3-5,8,15H,2,7H2,1H3,(H,16,17). The molecule has 0 saturated heterocycles. The number of nitriles is 1. The lowest BCUT2D eigenvalue weighted by Crippen LogP contribution is -2.22. The minimum absolute atomic E-state index is 0.294. The fourth-order valence-corrected chi connectivity index (χ4v) is 1.57. The first-order chi connectivity index (χ1) is 8.08. The number of nitrogens with zero attached hydrogens (tertiary/aromatic N) is 1. The predicted molar refractivity (Wildman–Crippen MR) is 66.1 cm³/mol. The molecule has 0 aliphatic heterocycles. The molecule has 0 aromatic heterocycles. The van der Waals surface area contributed by atoms with Gasteiger partial charge in [0.15, 0.2) is 0 Å². The highest BCUT2D eigenvalue weighted by Gasteiger charge is 2.15. The van der Waals surface area contributed by atoms with E-state index in [1.54, 1.807) is 18.2 Å². The molecular formula is C12H13ClN2O2. The first kappa shape index (κ1) is 13.3. The molecule has 0 bridgehead atoms. The number of halogens is 1. The fraction of sp³-hybridized carbons (Fsp3) is 0.333. The van der Waals surface area contributed by atoms with E-state index in [2.05, 4.69) is 5.32 Å². The summed E-state index contributed by atoms with van der Waals surface area (Å²) in [6, 6.07) is 6.90. The molecule has 1 rings (SSSR count). The Labute approximate surface area is 105 Å². The Hall–Kier alpha value is -1.73. The number of carboxylic acids is 1. The van der Waals surface area contributed by atoms with Crippen LogP contribution in [0.5, 0.6) is 0 Å². The van der Waals surface area contributed by atoms with Crippen LogP contribution < -0.4 is 5.32 Å². The highest BCUT2D eigenvalue weighted by molar-refractivity contribution is 6.30. The molecule has 1 unspecified atom stereocenters. The quantitative estimate of drug-likeness (QED) is 0.845. The molecule has 1 aromatic rings. The zero-order valence-corrected chi connectivity index (χ0v) is 10.2. The van der Waals surface area contributed by atoms with Crippen molar-refractivity contribution in [2.75, 3.05) is 11.9 Å². The maximum Gasteiger partial charge on any atom is 0.308 e. The van der Waals surface area contributed by atoms with Crippen LogP contribution in [0.3, 0.4) is 0 Å². The van der Waals surface area contributed by atoms with Crippen LogP contribution in [0.1, 0.15) is 18.9 Å². The van der Waals surface area contributed by atoms with Crippen molar-refractivity contribution in [2.24, 2.45) is 5.92 Å². The molecule has 0 fully saturated rings. The van der Waals surface area contributed by atoms with Gasteiger partial charge in [0.2, 0.25) is 0 Å². The monoisotopic (exact) mass is 252 g/mol. The SMILES string of the molecule is CCC(CNc1ccc(Cl)cc1C#N)C(=O)O. The van der Waals surface area contributed by atoms with Gasteiger partial charge in [-0.05, 0) is 24.6 Å². The molecule has 0 amide bonds. The maximum absolute atomic E-state index is 10.8. The Bertz CT molecular complexity index is 454.